The summed E-state index contributed by atoms with van der Waals surface area (Å²) in [6, 6.07) is 56.4. The second-order valence-corrected chi connectivity index (χ2v) is 12.2. The second-order valence-electron chi connectivity index (χ2n) is 12.2. The van der Waals surface area contributed by atoms with E-state index in [1.165, 1.54) is 49.2 Å². The number of rotatable bonds is 3. The molecule has 0 bridgehead atoms. The fourth-order valence-corrected chi connectivity index (χ4v) is 7.52. The minimum absolute atomic E-state index is 0.933. The summed E-state index contributed by atoms with van der Waals surface area (Å²) in [5, 5.41) is 8.41. The molecular weight excluding hydrogens is 571 g/mol. The molecule has 3 heteroatoms. The van der Waals surface area contributed by atoms with Gasteiger partial charge in [0.2, 0.25) is 0 Å². The highest BCUT2D eigenvalue weighted by atomic mass is 15.0. The predicted octanol–water partition coefficient (Wildman–Crippen LogP) is 11.5. The summed E-state index contributed by atoms with van der Waals surface area (Å²) < 4.78 is 2.29. The van der Waals surface area contributed by atoms with Crippen LogP contribution in [0.25, 0.3) is 93.4 Å². The fourth-order valence-electron chi connectivity index (χ4n) is 7.52. The summed E-state index contributed by atoms with van der Waals surface area (Å²) in [6.07, 6.45) is 2.02. The summed E-state index contributed by atoms with van der Waals surface area (Å²) >= 11 is 0. The molecule has 0 aliphatic carbocycles. The van der Waals surface area contributed by atoms with Crippen LogP contribution in [0.3, 0.4) is 0 Å². The van der Waals surface area contributed by atoms with E-state index < -0.39 is 0 Å². The van der Waals surface area contributed by atoms with Gasteiger partial charge in [-0.3, -0.25) is 9.38 Å². The van der Waals surface area contributed by atoms with Crippen LogP contribution in [0, 0.1) is 0 Å². The first-order chi connectivity index (χ1) is 23.3. The van der Waals surface area contributed by atoms with Gasteiger partial charge in [0.15, 0.2) is 0 Å². The molecule has 7 aromatic carbocycles. The van der Waals surface area contributed by atoms with E-state index in [2.05, 4.69) is 162 Å². The molecule has 0 amide bonds. The zero-order valence-corrected chi connectivity index (χ0v) is 25.4. The van der Waals surface area contributed by atoms with E-state index in [1.807, 2.05) is 6.20 Å². The van der Waals surface area contributed by atoms with E-state index in [0.29, 0.717) is 0 Å². The molecule has 0 atom stereocenters. The third-order valence-electron chi connectivity index (χ3n) is 9.60. The number of imidazole rings is 1. The molecule has 47 heavy (non-hydrogen) atoms. The molecular formula is C44H27N3. The van der Waals surface area contributed by atoms with Crippen molar-refractivity contribution in [2.24, 2.45) is 0 Å². The molecule has 0 unspecified atom stereocenters. The molecule has 10 rings (SSSR count). The second kappa shape index (κ2) is 10.1. The van der Waals surface area contributed by atoms with Crippen molar-refractivity contribution in [2.45, 2.75) is 0 Å². The van der Waals surface area contributed by atoms with Gasteiger partial charge in [0.25, 0.3) is 0 Å². The van der Waals surface area contributed by atoms with Crippen LogP contribution in [-0.2, 0) is 0 Å². The van der Waals surface area contributed by atoms with Crippen molar-refractivity contribution in [3.63, 3.8) is 0 Å². The molecule has 218 valence electrons. The van der Waals surface area contributed by atoms with Crippen LogP contribution < -0.4 is 0 Å². The third-order valence-corrected chi connectivity index (χ3v) is 9.60. The number of fused-ring (bicyclic) bond motifs is 10. The van der Waals surface area contributed by atoms with Gasteiger partial charge >= 0.3 is 0 Å². The molecule has 0 fully saturated rings. The Bertz CT molecular complexity index is 2770. The van der Waals surface area contributed by atoms with Crippen molar-refractivity contribution >= 4 is 59.9 Å². The molecule has 0 saturated heterocycles. The van der Waals surface area contributed by atoms with Crippen LogP contribution in [0.5, 0.6) is 0 Å². The Labute approximate surface area is 271 Å². The Balaban J connectivity index is 1.17. The Morgan fingerprint density at radius 2 is 0.894 bits per heavy atom. The van der Waals surface area contributed by atoms with Crippen LogP contribution >= 0.6 is 0 Å². The summed E-state index contributed by atoms with van der Waals surface area (Å²) in [4.78, 5) is 10.1. The van der Waals surface area contributed by atoms with E-state index >= 15 is 0 Å². The quantitative estimate of drug-likeness (QED) is 0.150. The number of hydrogen-bond donors (Lipinski definition) is 0. The van der Waals surface area contributed by atoms with Crippen molar-refractivity contribution in [1.29, 1.82) is 0 Å². The van der Waals surface area contributed by atoms with Gasteiger partial charge in [0, 0.05) is 27.9 Å². The normalized spacial score (nSPS) is 11.8. The maximum Gasteiger partial charge on any atom is 0.146 e. The minimum atomic E-state index is 0.933. The number of pyridine rings is 2. The summed E-state index contributed by atoms with van der Waals surface area (Å²) in [5.74, 6) is 0. The van der Waals surface area contributed by atoms with Crippen LogP contribution in [0.4, 0.5) is 0 Å². The van der Waals surface area contributed by atoms with Crippen molar-refractivity contribution < 1.29 is 0 Å². The van der Waals surface area contributed by atoms with Crippen LogP contribution in [-0.4, -0.2) is 14.4 Å². The lowest BCUT2D eigenvalue weighted by Gasteiger charge is -2.18. The Morgan fingerprint density at radius 1 is 0.383 bits per heavy atom. The number of para-hydroxylation sites is 3. The van der Waals surface area contributed by atoms with Gasteiger partial charge in [-0.2, -0.15) is 0 Å². The molecule has 0 aliphatic rings. The first-order valence-electron chi connectivity index (χ1n) is 16.0. The average Bonchev–Trinajstić information content (AvgIpc) is 3.54. The molecule has 0 aliphatic heterocycles. The average molecular weight is 598 g/mol. The lowest BCUT2D eigenvalue weighted by Crippen LogP contribution is -1.93. The van der Waals surface area contributed by atoms with Gasteiger partial charge in [-0.15, -0.1) is 0 Å². The third kappa shape index (κ3) is 3.87. The molecule has 0 spiro atoms. The van der Waals surface area contributed by atoms with Gasteiger partial charge in [0.1, 0.15) is 5.65 Å². The Hall–Kier alpha value is -6.32. The van der Waals surface area contributed by atoms with Crippen molar-refractivity contribution in [3.8, 4) is 33.5 Å². The molecule has 0 N–H and O–H groups in total. The van der Waals surface area contributed by atoms with Crippen molar-refractivity contribution in [3.05, 3.63) is 164 Å². The minimum Gasteiger partial charge on any atom is -0.292 e. The number of hydrogen-bond acceptors (Lipinski definition) is 2. The van der Waals surface area contributed by atoms with E-state index in [4.69, 9.17) is 9.97 Å². The Kier molecular flexibility index (Phi) is 5.57. The molecule has 0 radical (unpaired) electrons. The summed E-state index contributed by atoms with van der Waals surface area (Å²) in [5.41, 5.74) is 11.2. The molecule has 3 heterocycles. The van der Waals surface area contributed by atoms with Gasteiger partial charge in [-0.25, -0.2) is 4.98 Å². The summed E-state index contributed by atoms with van der Waals surface area (Å²) in [7, 11) is 0. The van der Waals surface area contributed by atoms with Gasteiger partial charge in [-0.1, -0.05) is 133 Å². The first-order valence-corrected chi connectivity index (χ1v) is 16.0. The zero-order valence-electron chi connectivity index (χ0n) is 25.4. The van der Waals surface area contributed by atoms with Gasteiger partial charge < -0.3 is 0 Å². The van der Waals surface area contributed by atoms with E-state index in [-0.39, 0.29) is 0 Å². The molecule has 3 aromatic heterocycles. The predicted molar refractivity (Wildman–Crippen MR) is 197 cm³/mol. The van der Waals surface area contributed by atoms with E-state index in [0.717, 1.165) is 44.2 Å². The number of aromatic nitrogens is 3. The number of nitrogens with zero attached hydrogens (tertiary/aromatic N) is 3. The maximum absolute atomic E-state index is 5.10. The highest BCUT2D eigenvalue weighted by Crippen LogP contribution is 2.44. The Morgan fingerprint density at radius 3 is 1.55 bits per heavy atom. The van der Waals surface area contributed by atoms with Crippen LogP contribution in [0.2, 0.25) is 0 Å². The smallest absolute Gasteiger partial charge is 0.146 e. The highest BCUT2D eigenvalue weighted by Gasteiger charge is 2.18. The van der Waals surface area contributed by atoms with E-state index in [9.17, 15) is 0 Å². The molecule has 0 saturated carbocycles. The van der Waals surface area contributed by atoms with Crippen LogP contribution in [0.15, 0.2) is 164 Å². The van der Waals surface area contributed by atoms with Crippen LogP contribution in [0.1, 0.15) is 0 Å². The number of benzene rings is 7. The van der Waals surface area contributed by atoms with Gasteiger partial charge in [0.05, 0.1) is 22.2 Å². The largest absolute Gasteiger partial charge is 0.292 e. The molecule has 10 aromatic rings. The standard InChI is InChI=1S/C44H27N3/c1-2-12-29(13-3-1)42-32-15-4-6-17-34(32)43(35-18-7-5-16-33(35)42)30-24-22-28(23-25-30)39-26-36-37(27-45-39)31-14-8-10-20-40(31)47-41-21-11-9-19-38(41)46-44(36)47/h1-27H. The molecule has 3 nitrogen and oxygen atoms in total. The maximum atomic E-state index is 5.10. The van der Waals surface area contributed by atoms with Crippen molar-refractivity contribution in [1.82, 2.24) is 14.4 Å². The fraction of sp³-hybridized carbons (Fsp3) is 0. The highest BCUT2D eigenvalue weighted by molar-refractivity contribution is 6.21. The first kappa shape index (κ1) is 26.0. The lowest BCUT2D eigenvalue weighted by atomic mass is 9.86. The lowest BCUT2D eigenvalue weighted by molar-refractivity contribution is 1.30. The topological polar surface area (TPSA) is 30.2 Å². The summed E-state index contributed by atoms with van der Waals surface area (Å²) in [6.45, 7) is 0. The van der Waals surface area contributed by atoms with Crippen molar-refractivity contribution in [2.75, 3.05) is 0 Å². The van der Waals surface area contributed by atoms with E-state index in [1.54, 1.807) is 0 Å². The van der Waals surface area contributed by atoms with Gasteiger partial charge in [-0.05, 0) is 68.1 Å². The SMILES string of the molecule is c1ccc(-c2c3ccccc3c(-c3ccc(-c4cc5c(cn4)c4ccccc4n4c6ccccc6nc54)cc3)c3ccccc23)cc1. The zero-order chi connectivity index (χ0) is 30.9. The monoisotopic (exact) mass is 597 g/mol.